The van der Waals surface area contributed by atoms with Crippen LogP contribution >= 0.6 is 11.6 Å². The Morgan fingerprint density at radius 1 is 1.53 bits per heavy atom. The first-order valence-electron chi connectivity index (χ1n) is 6.90. The van der Waals surface area contributed by atoms with E-state index in [0.717, 1.165) is 37.9 Å². The maximum atomic E-state index is 12.4. The molecule has 2 rings (SSSR count). The molecule has 1 fully saturated rings. The maximum Gasteiger partial charge on any atom is 0.227 e. The van der Waals surface area contributed by atoms with E-state index >= 15 is 0 Å². The van der Waals surface area contributed by atoms with Gasteiger partial charge in [-0.15, -0.1) is 0 Å². The van der Waals surface area contributed by atoms with Gasteiger partial charge in [-0.1, -0.05) is 37.1 Å². The summed E-state index contributed by atoms with van der Waals surface area (Å²) in [5, 5.41) is 7.07. The molecule has 1 saturated heterocycles. The number of hydrogen-bond donors (Lipinski definition) is 2. The molecule has 0 aliphatic carbocycles. The zero-order valence-electron chi connectivity index (χ0n) is 11.3. The summed E-state index contributed by atoms with van der Waals surface area (Å²) in [5.74, 6) is 0.166. The first-order valence-corrected chi connectivity index (χ1v) is 7.27. The van der Waals surface area contributed by atoms with Crippen LogP contribution in [-0.4, -0.2) is 19.0 Å². The van der Waals surface area contributed by atoms with Gasteiger partial charge in [0.25, 0.3) is 0 Å². The monoisotopic (exact) mass is 280 g/mol. The minimum absolute atomic E-state index is 0.166. The molecule has 1 aromatic carbocycles. The predicted octanol–water partition coefficient (Wildman–Crippen LogP) is 2.74. The molecule has 1 unspecified atom stereocenters. The molecule has 1 amide bonds. The second kappa shape index (κ2) is 6.40. The highest BCUT2D eigenvalue weighted by molar-refractivity contribution is 6.30. The largest absolute Gasteiger partial charge is 0.352 e. The third kappa shape index (κ3) is 3.48. The molecule has 0 saturated carbocycles. The zero-order valence-corrected chi connectivity index (χ0v) is 12.1. The van der Waals surface area contributed by atoms with Crippen molar-refractivity contribution in [2.75, 3.05) is 13.1 Å². The summed E-state index contributed by atoms with van der Waals surface area (Å²) >= 11 is 5.94. The normalized spacial score (nSPS) is 22.4. The lowest BCUT2D eigenvalue weighted by molar-refractivity contribution is -0.130. The fourth-order valence-electron chi connectivity index (χ4n) is 2.76. The van der Waals surface area contributed by atoms with Crippen LogP contribution in [0, 0.1) is 5.41 Å². The number of amides is 1. The van der Waals surface area contributed by atoms with Gasteiger partial charge >= 0.3 is 0 Å². The Morgan fingerprint density at radius 3 is 3.00 bits per heavy atom. The van der Waals surface area contributed by atoms with Crippen LogP contribution in [0.1, 0.15) is 31.7 Å². The maximum absolute atomic E-state index is 12.4. The fourth-order valence-corrected chi connectivity index (χ4v) is 2.97. The molecule has 1 heterocycles. The van der Waals surface area contributed by atoms with Crippen molar-refractivity contribution < 1.29 is 4.79 Å². The van der Waals surface area contributed by atoms with Gasteiger partial charge in [0.2, 0.25) is 5.91 Å². The van der Waals surface area contributed by atoms with Crippen LogP contribution < -0.4 is 10.6 Å². The number of rotatable bonds is 5. The van der Waals surface area contributed by atoms with Crippen LogP contribution in [0.3, 0.4) is 0 Å². The topological polar surface area (TPSA) is 41.1 Å². The number of halogens is 1. The van der Waals surface area contributed by atoms with Crippen LogP contribution in [0.4, 0.5) is 0 Å². The van der Waals surface area contributed by atoms with E-state index in [1.807, 2.05) is 24.3 Å². The minimum Gasteiger partial charge on any atom is -0.352 e. The van der Waals surface area contributed by atoms with Gasteiger partial charge in [-0.2, -0.15) is 0 Å². The Morgan fingerprint density at radius 2 is 2.37 bits per heavy atom. The molecule has 1 aromatic rings. The molecule has 19 heavy (non-hydrogen) atoms. The Hall–Kier alpha value is -1.06. The Kier molecular flexibility index (Phi) is 4.83. The van der Waals surface area contributed by atoms with Crippen molar-refractivity contribution in [2.24, 2.45) is 5.41 Å². The molecule has 1 aliphatic rings. The second-order valence-electron chi connectivity index (χ2n) is 5.27. The molecule has 2 N–H and O–H groups in total. The van der Waals surface area contributed by atoms with E-state index in [1.54, 1.807) is 0 Å². The molecule has 104 valence electrons. The van der Waals surface area contributed by atoms with E-state index in [4.69, 9.17) is 11.6 Å². The van der Waals surface area contributed by atoms with Crippen molar-refractivity contribution in [1.29, 1.82) is 0 Å². The lowest BCUT2D eigenvalue weighted by Gasteiger charge is -2.26. The first-order chi connectivity index (χ1) is 9.16. The van der Waals surface area contributed by atoms with Crippen LogP contribution in [0.2, 0.25) is 5.02 Å². The highest BCUT2D eigenvalue weighted by Crippen LogP contribution is 2.31. The molecule has 1 aliphatic heterocycles. The third-order valence-electron chi connectivity index (χ3n) is 3.80. The first kappa shape index (κ1) is 14.4. The lowest BCUT2D eigenvalue weighted by atomic mass is 9.81. The molecule has 0 spiro atoms. The molecule has 3 nitrogen and oxygen atoms in total. The smallest absolute Gasteiger partial charge is 0.227 e. The number of benzene rings is 1. The van der Waals surface area contributed by atoms with Crippen molar-refractivity contribution in [3.63, 3.8) is 0 Å². The van der Waals surface area contributed by atoms with Gasteiger partial charge < -0.3 is 10.6 Å². The number of carbonyl (C=O) groups excluding carboxylic acids is 1. The molecular weight excluding hydrogens is 260 g/mol. The number of carbonyl (C=O) groups is 1. The summed E-state index contributed by atoms with van der Waals surface area (Å²) < 4.78 is 0. The van der Waals surface area contributed by atoms with Crippen LogP contribution in [0.15, 0.2) is 24.3 Å². The molecule has 1 atom stereocenters. The van der Waals surface area contributed by atoms with E-state index in [1.165, 1.54) is 0 Å². The average Bonchev–Trinajstić information content (AvgIpc) is 2.86. The van der Waals surface area contributed by atoms with Gasteiger partial charge in [0, 0.05) is 18.1 Å². The van der Waals surface area contributed by atoms with Crippen molar-refractivity contribution >= 4 is 17.5 Å². The zero-order chi connectivity index (χ0) is 13.7. The summed E-state index contributed by atoms with van der Waals surface area (Å²) in [4.78, 5) is 12.4. The van der Waals surface area contributed by atoms with Crippen molar-refractivity contribution in [1.82, 2.24) is 10.6 Å². The SMILES string of the molecule is CCCC1(C(=O)NCc2cccc(Cl)c2)CCNC1. The standard InChI is InChI=1S/C15H21ClN2O/c1-2-6-15(7-8-17-11-15)14(19)18-10-12-4-3-5-13(16)9-12/h3-5,9,17H,2,6-8,10-11H2,1H3,(H,18,19). The number of hydrogen-bond acceptors (Lipinski definition) is 2. The summed E-state index contributed by atoms with van der Waals surface area (Å²) in [6.45, 7) is 4.40. The summed E-state index contributed by atoms with van der Waals surface area (Å²) in [6.07, 6.45) is 2.91. The van der Waals surface area contributed by atoms with Crippen LogP contribution in [-0.2, 0) is 11.3 Å². The van der Waals surface area contributed by atoms with E-state index < -0.39 is 0 Å². The lowest BCUT2D eigenvalue weighted by Crippen LogP contribution is -2.42. The highest BCUT2D eigenvalue weighted by Gasteiger charge is 2.39. The molecular formula is C15H21ClN2O. The summed E-state index contributed by atoms with van der Waals surface area (Å²) in [5.41, 5.74) is 0.825. The average molecular weight is 281 g/mol. The van der Waals surface area contributed by atoms with Gasteiger partial charge in [0.15, 0.2) is 0 Å². The quantitative estimate of drug-likeness (QED) is 0.871. The molecule has 4 heteroatoms. The second-order valence-corrected chi connectivity index (χ2v) is 5.71. The van der Waals surface area contributed by atoms with Crippen LogP contribution in [0.5, 0.6) is 0 Å². The van der Waals surface area contributed by atoms with Crippen molar-refractivity contribution in [2.45, 2.75) is 32.7 Å². The van der Waals surface area contributed by atoms with Gasteiger partial charge in [-0.05, 0) is 37.1 Å². The van der Waals surface area contributed by atoms with Gasteiger partial charge in [-0.25, -0.2) is 0 Å². The number of nitrogens with one attached hydrogen (secondary N) is 2. The Balaban J connectivity index is 1.96. The molecule has 0 bridgehead atoms. The predicted molar refractivity (Wildman–Crippen MR) is 78.1 cm³/mol. The van der Waals surface area contributed by atoms with E-state index in [0.29, 0.717) is 11.6 Å². The summed E-state index contributed by atoms with van der Waals surface area (Å²) in [6, 6.07) is 7.61. The molecule has 0 aromatic heterocycles. The van der Waals surface area contributed by atoms with Crippen molar-refractivity contribution in [3.8, 4) is 0 Å². The van der Waals surface area contributed by atoms with E-state index in [2.05, 4.69) is 17.6 Å². The van der Waals surface area contributed by atoms with Gasteiger partial charge in [0.1, 0.15) is 0 Å². The molecule has 0 radical (unpaired) electrons. The third-order valence-corrected chi connectivity index (χ3v) is 4.03. The van der Waals surface area contributed by atoms with Crippen molar-refractivity contribution in [3.05, 3.63) is 34.9 Å². The Labute approximate surface area is 119 Å². The summed E-state index contributed by atoms with van der Waals surface area (Å²) in [7, 11) is 0. The van der Waals surface area contributed by atoms with Gasteiger partial charge in [0.05, 0.1) is 5.41 Å². The van der Waals surface area contributed by atoms with E-state index in [-0.39, 0.29) is 11.3 Å². The fraction of sp³-hybridized carbons (Fsp3) is 0.533. The van der Waals surface area contributed by atoms with Crippen LogP contribution in [0.25, 0.3) is 0 Å². The highest BCUT2D eigenvalue weighted by atomic mass is 35.5. The minimum atomic E-state index is -0.215. The van der Waals surface area contributed by atoms with Gasteiger partial charge in [-0.3, -0.25) is 4.79 Å². The van der Waals surface area contributed by atoms with E-state index in [9.17, 15) is 4.79 Å². The Bertz CT molecular complexity index is 442.